The summed E-state index contributed by atoms with van der Waals surface area (Å²) in [7, 11) is 1.50. The van der Waals surface area contributed by atoms with Crippen LogP contribution in [0.2, 0.25) is 0 Å². The van der Waals surface area contributed by atoms with Crippen LogP contribution in [0.15, 0.2) is 29.7 Å². The highest BCUT2D eigenvalue weighted by molar-refractivity contribution is 5.92. The molecule has 0 unspecified atom stereocenters. The summed E-state index contributed by atoms with van der Waals surface area (Å²) in [5, 5.41) is 19.8. The summed E-state index contributed by atoms with van der Waals surface area (Å²) in [5.74, 6) is 0.682. The average molecular weight is 255 g/mol. The highest BCUT2D eigenvalue weighted by atomic mass is 16.6. The molecule has 7 nitrogen and oxygen atoms in total. The molecule has 7 heteroatoms. The molecule has 4 atom stereocenters. The van der Waals surface area contributed by atoms with E-state index in [-0.39, 0.29) is 6.61 Å². The van der Waals surface area contributed by atoms with Crippen molar-refractivity contribution in [2.45, 2.75) is 24.5 Å². The number of methoxy groups -OCH3 is 1. The fourth-order valence-electron chi connectivity index (χ4n) is 1.98. The lowest BCUT2D eigenvalue weighted by Crippen LogP contribution is -2.42. The Kier molecular flexibility index (Phi) is 3.67. The van der Waals surface area contributed by atoms with Crippen molar-refractivity contribution in [1.29, 1.82) is 0 Å². The van der Waals surface area contributed by atoms with Crippen LogP contribution in [-0.4, -0.2) is 59.2 Å². The Morgan fingerprint density at radius 3 is 2.89 bits per heavy atom. The number of aliphatic hydroxyl groups is 2. The molecule has 0 bridgehead atoms. The number of amidine groups is 1. The molecule has 1 saturated heterocycles. The lowest BCUT2D eigenvalue weighted by atomic mass is 10.1. The van der Waals surface area contributed by atoms with Gasteiger partial charge in [0.1, 0.15) is 30.0 Å². The van der Waals surface area contributed by atoms with E-state index < -0.39 is 24.5 Å². The summed E-state index contributed by atoms with van der Waals surface area (Å²) in [6.45, 7) is 3.92. The van der Waals surface area contributed by atoms with Crippen molar-refractivity contribution >= 4 is 5.84 Å². The largest absolute Gasteiger partial charge is 0.387 e. The van der Waals surface area contributed by atoms with E-state index in [4.69, 9.17) is 15.2 Å². The van der Waals surface area contributed by atoms with E-state index in [1.54, 1.807) is 12.3 Å². The van der Waals surface area contributed by atoms with Crippen LogP contribution < -0.4 is 5.73 Å². The lowest BCUT2D eigenvalue weighted by Gasteiger charge is -2.30. The summed E-state index contributed by atoms with van der Waals surface area (Å²) in [6, 6.07) is 0. The van der Waals surface area contributed by atoms with Gasteiger partial charge in [0.25, 0.3) is 0 Å². The summed E-state index contributed by atoms with van der Waals surface area (Å²) >= 11 is 0. The monoisotopic (exact) mass is 255 g/mol. The zero-order valence-electron chi connectivity index (χ0n) is 10.1. The number of nitrogens with zero attached hydrogens (tertiary/aromatic N) is 2. The molecule has 0 radical (unpaired) electrons. The summed E-state index contributed by atoms with van der Waals surface area (Å²) in [4.78, 5) is 5.50. The van der Waals surface area contributed by atoms with Crippen molar-refractivity contribution in [3.05, 3.63) is 24.7 Å². The number of hydrogen-bond donors (Lipinski definition) is 3. The minimum Gasteiger partial charge on any atom is -0.387 e. The first-order valence-electron chi connectivity index (χ1n) is 5.54. The Bertz CT molecular complexity index is 396. The van der Waals surface area contributed by atoms with Gasteiger partial charge in [0.05, 0.1) is 6.61 Å². The number of nitrogens with two attached hydrogens (primary N) is 1. The molecule has 4 N–H and O–H groups in total. The first kappa shape index (κ1) is 13.0. The molecular formula is C11H17N3O4. The second-order valence-corrected chi connectivity index (χ2v) is 4.18. The van der Waals surface area contributed by atoms with Gasteiger partial charge in [0.15, 0.2) is 6.23 Å². The maximum Gasteiger partial charge on any atom is 0.164 e. The molecule has 0 amide bonds. The topological polar surface area (TPSA) is 101 Å². The molecule has 0 saturated carbocycles. The van der Waals surface area contributed by atoms with Crippen molar-refractivity contribution in [2.24, 2.45) is 10.7 Å². The van der Waals surface area contributed by atoms with Crippen LogP contribution in [0, 0.1) is 0 Å². The number of aliphatic hydroxyl groups excluding tert-OH is 2. The molecule has 2 heterocycles. The van der Waals surface area contributed by atoms with Gasteiger partial charge >= 0.3 is 0 Å². The Balaban J connectivity index is 2.11. The van der Waals surface area contributed by atoms with E-state index in [0.29, 0.717) is 11.7 Å². The Morgan fingerprint density at radius 2 is 2.28 bits per heavy atom. The maximum absolute atomic E-state index is 9.96. The highest BCUT2D eigenvalue weighted by Gasteiger charge is 2.45. The molecule has 0 aliphatic carbocycles. The van der Waals surface area contributed by atoms with Gasteiger partial charge in [-0.1, -0.05) is 6.58 Å². The van der Waals surface area contributed by atoms with Crippen molar-refractivity contribution < 1.29 is 19.7 Å². The van der Waals surface area contributed by atoms with Gasteiger partial charge < -0.3 is 30.3 Å². The van der Waals surface area contributed by atoms with Crippen LogP contribution in [0.1, 0.15) is 0 Å². The summed E-state index contributed by atoms with van der Waals surface area (Å²) in [6.07, 6.45) is -0.234. The third-order valence-electron chi connectivity index (χ3n) is 2.90. The molecule has 0 aromatic heterocycles. The van der Waals surface area contributed by atoms with Gasteiger partial charge in [-0.25, -0.2) is 4.99 Å². The minimum atomic E-state index is -1.07. The molecule has 0 aromatic carbocycles. The quantitative estimate of drug-likeness (QED) is 0.582. The molecule has 2 rings (SSSR count). The van der Waals surface area contributed by atoms with E-state index in [9.17, 15) is 10.2 Å². The second kappa shape index (κ2) is 5.07. The number of hydrogen-bond acceptors (Lipinski definition) is 7. The third-order valence-corrected chi connectivity index (χ3v) is 2.90. The Hall–Kier alpha value is -1.41. The van der Waals surface area contributed by atoms with Gasteiger partial charge in [-0.05, 0) is 6.08 Å². The molecule has 0 aromatic rings. The van der Waals surface area contributed by atoms with Crippen LogP contribution in [0.3, 0.4) is 0 Å². The van der Waals surface area contributed by atoms with E-state index in [2.05, 4.69) is 11.6 Å². The van der Waals surface area contributed by atoms with Gasteiger partial charge in [0, 0.05) is 13.3 Å². The van der Waals surface area contributed by atoms with Gasteiger partial charge in [-0.3, -0.25) is 0 Å². The fraction of sp³-hybridized carbons (Fsp3) is 0.545. The first-order chi connectivity index (χ1) is 8.54. The minimum absolute atomic E-state index is 0.199. The van der Waals surface area contributed by atoms with Gasteiger partial charge in [-0.15, -0.1) is 0 Å². The van der Waals surface area contributed by atoms with Crippen LogP contribution in [0.5, 0.6) is 0 Å². The molecule has 1 fully saturated rings. The maximum atomic E-state index is 9.96. The summed E-state index contributed by atoms with van der Waals surface area (Å²) in [5.41, 5.74) is 5.53. The predicted molar refractivity (Wildman–Crippen MR) is 64.3 cm³/mol. The lowest BCUT2D eigenvalue weighted by molar-refractivity contribution is -0.0740. The second-order valence-electron chi connectivity index (χ2n) is 4.18. The van der Waals surface area contributed by atoms with Crippen molar-refractivity contribution in [3.63, 3.8) is 0 Å². The SMILES string of the molecule is C=C1N=C(N)C=CN1[C@@H]1O[C@H](COC)[C@@H](O)[C@@H]1O. The van der Waals surface area contributed by atoms with Gasteiger partial charge in [-0.2, -0.15) is 0 Å². The zero-order valence-corrected chi connectivity index (χ0v) is 10.1. The predicted octanol–water partition coefficient (Wildman–Crippen LogP) is -1.26. The Morgan fingerprint density at radius 1 is 1.56 bits per heavy atom. The van der Waals surface area contributed by atoms with Crippen molar-refractivity contribution in [3.8, 4) is 0 Å². The van der Waals surface area contributed by atoms with Gasteiger partial charge in [0.2, 0.25) is 0 Å². The van der Waals surface area contributed by atoms with Crippen molar-refractivity contribution in [1.82, 2.24) is 4.90 Å². The molecule has 100 valence electrons. The van der Waals surface area contributed by atoms with Crippen LogP contribution in [-0.2, 0) is 9.47 Å². The number of rotatable bonds is 3. The summed E-state index contributed by atoms with van der Waals surface area (Å²) < 4.78 is 10.5. The van der Waals surface area contributed by atoms with E-state index in [1.807, 2.05) is 0 Å². The van der Waals surface area contributed by atoms with Crippen LogP contribution >= 0.6 is 0 Å². The van der Waals surface area contributed by atoms with E-state index >= 15 is 0 Å². The zero-order chi connectivity index (χ0) is 13.3. The van der Waals surface area contributed by atoms with E-state index in [1.165, 1.54) is 12.0 Å². The molecular weight excluding hydrogens is 238 g/mol. The average Bonchev–Trinajstić information content (AvgIpc) is 2.58. The Labute approximate surface area is 105 Å². The van der Waals surface area contributed by atoms with E-state index in [0.717, 1.165) is 0 Å². The first-order valence-corrected chi connectivity index (χ1v) is 5.54. The molecule has 18 heavy (non-hydrogen) atoms. The van der Waals surface area contributed by atoms with Crippen LogP contribution in [0.25, 0.3) is 0 Å². The smallest absolute Gasteiger partial charge is 0.164 e. The number of aliphatic imine (C=N–C) groups is 1. The number of ether oxygens (including phenoxy) is 2. The molecule has 2 aliphatic rings. The van der Waals surface area contributed by atoms with Crippen molar-refractivity contribution in [2.75, 3.05) is 13.7 Å². The molecule has 2 aliphatic heterocycles. The fourth-order valence-corrected chi connectivity index (χ4v) is 1.98. The molecule has 0 spiro atoms. The third kappa shape index (κ3) is 2.25. The highest BCUT2D eigenvalue weighted by Crippen LogP contribution is 2.28. The normalized spacial score (nSPS) is 36.1. The van der Waals surface area contributed by atoms with Crippen LogP contribution in [0.4, 0.5) is 0 Å². The standard InChI is InChI=1S/C11H17N3O4/c1-6-13-8(12)3-4-14(6)11-10(16)9(15)7(18-11)5-17-2/h3-4,7,9-11,15-16H,1,5H2,2H3,(H2,12,13)/t7-,9-,10+,11-/m1/s1.